The molecule has 1 aliphatic rings. The molecule has 1 saturated heterocycles. The number of hydrogen-bond donors (Lipinski definition) is 1. The van der Waals surface area contributed by atoms with Gasteiger partial charge in [-0.15, -0.1) is 0 Å². The zero-order valence-electron chi connectivity index (χ0n) is 33.5. The van der Waals surface area contributed by atoms with Gasteiger partial charge in [-0.1, -0.05) is 53.2 Å². The van der Waals surface area contributed by atoms with Crippen molar-refractivity contribution in [1.29, 1.82) is 0 Å². The number of ether oxygens (including phenoxy) is 2. The van der Waals surface area contributed by atoms with Crippen LogP contribution in [0.2, 0.25) is 0 Å². The van der Waals surface area contributed by atoms with E-state index in [1.165, 1.54) is 12.1 Å². The lowest BCUT2D eigenvalue weighted by Gasteiger charge is -2.41. The Labute approximate surface area is 310 Å². The first-order valence-corrected chi connectivity index (χ1v) is 18.5. The first-order valence-electron chi connectivity index (χ1n) is 18.5. The van der Waals surface area contributed by atoms with Crippen molar-refractivity contribution in [3.05, 3.63) is 39.9 Å². The zero-order valence-corrected chi connectivity index (χ0v) is 33.5. The molecule has 1 unspecified atom stereocenters. The van der Waals surface area contributed by atoms with Crippen molar-refractivity contribution in [2.24, 2.45) is 17.8 Å². The lowest BCUT2D eigenvalue weighted by molar-refractivity contribution is -0.384. The third-order valence-electron chi connectivity index (χ3n) is 10.9. The molecule has 2 rings (SSSR count). The number of nitrogens with zero attached hydrogens (tertiary/aromatic N) is 5. The Kier molecular flexibility index (Phi) is 17.6. The molecule has 0 aromatic heterocycles. The standard InChI is InChI=1S/C38H64N6O8/c1-13-25(4)34(42(10)38(48)33(24(2)3)39-36(46)27(6)40(7)8)31(51-11)23-32(45)43-21-14-15-30(43)35(52-12)26(5)37(47)41(9)22-20-28-16-18-29(19-17-28)44(49)50/h16-19,24-27,30-31,33-35H,13-15,20-23H2,1-12H3,(H,39,46)/t25-,26+,27-,30-,31+,33-,34?,35+/m0/s1. The van der Waals surface area contributed by atoms with Crippen LogP contribution in [0.25, 0.3) is 0 Å². The monoisotopic (exact) mass is 732 g/mol. The van der Waals surface area contributed by atoms with Crippen LogP contribution >= 0.6 is 0 Å². The molecule has 1 aromatic carbocycles. The molecule has 4 amide bonds. The van der Waals surface area contributed by atoms with Gasteiger partial charge in [0, 0.05) is 53.5 Å². The Balaban J connectivity index is 2.21. The predicted octanol–water partition coefficient (Wildman–Crippen LogP) is 3.61. The number of methoxy groups -OCH3 is 2. The van der Waals surface area contributed by atoms with Crippen molar-refractivity contribution >= 4 is 29.3 Å². The van der Waals surface area contributed by atoms with E-state index in [2.05, 4.69) is 5.32 Å². The summed E-state index contributed by atoms with van der Waals surface area (Å²) in [7, 11) is 10.2. The minimum absolute atomic E-state index is 0.0173. The van der Waals surface area contributed by atoms with E-state index in [-0.39, 0.29) is 53.6 Å². The molecule has 0 bridgehead atoms. The molecule has 294 valence electrons. The summed E-state index contributed by atoms with van der Waals surface area (Å²) in [6.45, 7) is 12.4. The second-order valence-electron chi connectivity index (χ2n) is 14.9. The van der Waals surface area contributed by atoms with Crippen molar-refractivity contribution in [3.63, 3.8) is 0 Å². The Bertz CT molecular complexity index is 1340. The molecule has 0 saturated carbocycles. The number of non-ortho nitro benzene ring substituents is 1. The lowest BCUT2D eigenvalue weighted by atomic mass is 9.89. The highest BCUT2D eigenvalue weighted by molar-refractivity contribution is 5.90. The molecule has 14 heteroatoms. The molecule has 0 spiro atoms. The Morgan fingerprint density at radius 2 is 1.60 bits per heavy atom. The number of carbonyl (C=O) groups is 4. The maximum Gasteiger partial charge on any atom is 0.269 e. The highest BCUT2D eigenvalue weighted by Gasteiger charge is 2.43. The molecular weight excluding hydrogens is 668 g/mol. The van der Waals surface area contributed by atoms with E-state index in [4.69, 9.17) is 9.47 Å². The smallest absolute Gasteiger partial charge is 0.269 e. The SMILES string of the molecule is CC[C@H](C)C([C@@H](CC(=O)N1CCC[C@H]1[C@H](OC)[C@@H](C)C(=O)N(C)CCc1ccc([N+](=O)[O-])cc1)OC)N(C)C(=O)[C@@H](NC(=O)[C@H](C)N(C)C)C(C)C. The molecular formula is C38H64N6O8. The van der Waals surface area contributed by atoms with E-state index < -0.39 is 41.2 Å². The van der Waals surface area contributed by atoms with Crippen molar-refractivity contribution in [2.45, 2.75) is 110 Å². The molecule has 0 radical (unpaired) electrons. The number of nitrogens with one attached hydrogen (secondary N) is 1. The number of carbonyl (C=O) groups excluding carboxylic acids is 4. The summed E-state index contributed by atoms with van der Waals surface area (Å²) in [6.07, 6.45) is 1.58. The highest BCUT2D eigenvalue weighted by Crippen LogP contribution is 2.30. The van der Waals surface area contributed by atoms with Gasteiger partial charge in [0.05, 0.1) is 47.6 Å². The Hall–Kier alpha value is -3.62. The van der Waals surface area contributed by atoms with Gasteiger partial charge in [0.1, 0.15) is 6.04 Å². The molecule has 52 heavy (non-hydrogen) atoms. The third kappa shape index (κ3) is 11.4. The maximum atomic E-state index is 14.1. The second kappa shape index (κ2) is 20.6. The fraction of sp³-hybridized carbons (Fsp3) is 0.737. The number of benzene rings is 1. The number of amides is 4. The average molecular weight is 733 g/mol. The Morgan fingerprint density at radius 3 is 2.10 bits per heavy atom. The van der Waals surface area contributed by atoms with Gasteiger partial charge >= 0.3 is 0 Å². The van der Waals surface area contributed by atoms with Crippen molar-refractivity contribution in [2.75, 3.05) is 55.5 Å². The number of likely N-dealkylation sites (tertiary alicyclic amines) is 1. The minimum atomic E-state index is -0.753. The molecule has 1 N–H and O–H groups in total. The Morgan fingerprint density at radius 1 is 0.981 bits per heavy atom. The molecule has 0 aliphatic carbocycles. The van der Waals surface area contributed by atoms with Crippen LogP contribution in [0.1, 0.15) is 72.8 Å². The largest absolute Gasteiger partial charge is 0.379 e. The highest BCUT2D eigenvalue weighted by atomic mass is 16.6. The topological polar surface area (TPSA) is 155 Å². The maximum absolute atomic E-state index is 14.1. The number of likely N-dealkylation sites (N-methyl/N-ethyl adjacent to an activating group) is 3. The van der Waals surface area contributed by atoms with Crippen LogP contribution in [-0.4, -0.2) is 140 Å². The van der Waals surface area contributed by atoms with Gasteiger partial charge in [0.25, 0.3) is 5.69 Å². The molecule has 14 nitrogen and oxygen atoms in total. The fourth-order valence-corrected chi connectivity index (χ4v) is 7.08. The van der Waals surface area contributed by atoms with Crippen LogP contribution in [0.3, 0.4) is 0 Å². The molecule has 1 aromatic rings. The molecule has 1 aliphatic heterocycles. The number of nitro groups is 1. The molecule has 8 atom stereocenters. The van der Waals surface area contributed by atoms with Crippen LogP contribution < -0.4 is 5.32 Å². The minimum Gasteiger partial charge on any atom is -0.379 e. The van der Waals surface area contributed by atoms with Gasteiger partial charge in [0.15, 0.2) is 0 Å². The predicted molar refractivity (Wildman–Crippen MR) is 200 cm³/mol. The summed E-state index contributed by atoms with van der Waals surface area (Å²) < 4.78 is 11.9. The van der Waals surface area contributed by atoms with E-state index in [9.17, 15) is 29.3 Å². The molecule has 1 heterocycles. The van der Waals surface area contributed by atoms with Gasteiger partial charge in [-0.2, -0.15) is 0 Å². The zero-order chi connectivity index (χ0) is 39.4. The lowest BCUT2D eigenvalue weighted by Crippen LogP contribution is -2.59. The summed E-state index contributed by atoms with van der Waals surface area (Å²) in [5.41, 5.74) is 0.900. The van der Waals surface area contributed by atoms with Crippen LogP contribution in [0.4, 0.5) is 5.69 Å². The van der Waals surface area contributed by atoms with Crippen LogP contribution in [0.5, 0.6) is 0 Å². The van der Waals surface area contributed by atoms with Gasteiger partial charge in [-0.3, -0.25) is 34.2 Å². The number of hydrogen-bond acceptors (Lipinski definition) is 9. The van der Waals surface area contributed by atoms with Crippen LogP contribution in [0.15, 0.2) is 24.3 Å². The summed E-state index contributed by atoms with van der Waals surface area (Å²) in [6, 6.07) is 4.36. The van der Waals surface area contributed by atoms with E-state index in [0.717, 1.165) is 18.4 Å². The summed E-state index contributed by atoms with van der Waals surface area (Å²) in [5, 5.41) is 13.9. The summed E-state index contributed by atoms with van der Waals surface area (Å²) in [4.78, 5) is 72.2. The summed E-state index contributed by atoms with van der Waals surface area (Å²) >= 11 is 0. The van der Waals surface area contributed by atoms with Crippen molar-refractivity contribution in [1.82, 2.24) is 24.9 Å². The van der Waals surface area contributed by atoms with E-state index in [1.54, 1.807) is 67.0 Å². The fourth-order valence-electron chi connectivity index (χ4n) is 7.08. The van der Waals surface area contributed by atoms with Gasteiger partial charge < -0.3 is 29.5 Å². The number of nitro benzene ring substituents is 1. The third-order valence-corrected chi connectivity index (χ3v) is 10.9. The summed E-state index contributed by atoms with van der Waals surface area (Å²) in [5.74, 6) is -1.46. The molecule has 1 fully saturated rings. The van der Waals surface area contributed by atoms with E-state index in [1.807, 2.05) is 48.7 Å². The average Bonchev–Trinajstić information content (AvgIpc) is 3.61. The van der Waals surface area contributed by atoms with Crippen LogP contribution in [-0.2, 0) is 35.1 Å². The van der Waals surface area contributed by atoms with E-state index in [0.29, 0.717) is 25.9 Å². The first-order chi connectivity index (χ1) is 24.4. The first kappa shape index (κ1) is 44.5. The number of rotatable bonds is 20. The van der Waals surface area contributed by atoms with Gasteiger partial charge in [-0.25, -0.2) is 0 Å². The van der Waals surface area contributed by atoms with Crippen LogP contribution in [0, 0.1) is 27.9 Å². The van der Waals surface area contributed by atoms with Crippen molar-refractivity contribution in [3.8, 4) is 0 Å². The van der Waals surface area contributed by atoms with Gasteiger partial charge in [0.2, 0.25) is 23.6 Å². The van der Waals surface area contributed by atoms with E-state index >= 15 is 0 Å². The second-order valence-corrected chi connectivity index (χ2v) is 14.9. The van der Waals surface area contributed by atoms with Gasteiger partial charge in [-0.05, 0) is 57.7 Å². The quantitative estimate of drug-likeness (QED) is 0.156. The normalized spacial score (nSPS) is 18.7. The van der Waals surface area contributed by atoms with Crippen molar-refractivity contribution < 1.29 is 33.6 Å².